The Morgan fingerprint density at radius 2 is 1.94 bits per heavy atom. The van der Waals surface area contributed by atoms with Crippen molar-refractivity contribution in [1.29, 1.82) is 0 Å². The summed E-state index contributed by atoms with van der Waals surface area (Å²) in [5.41, 5.74) is 3.37. The third-order valence-electron chi connectivity index (χ3n) is 2.28. The van der Waals surface area contributed by atoms with Gasteiger partial charge in [0.15, 0.2) is 0 Å². The Labute approximate surface area is 93.5 Å². The Hall–Kier alpha value is -2.25. The first-order valence-electron chi connectivity index (χ1n) is 4.91. The standard InChI is InChI=1S/C13H10N2O/c1-10-4-6-11(7-5-10)13-12(15-9-16)3-2-8-14-13/h2-8H,1H3. The van der Waals surface area contributed by atoms with Crippen molar-refractivity contribution in [2.24, 2.45) is 4.99 Å². The molecule has 1 heterocycles. The molecule has 0 saturated heterocycles. The molecule has 1 aromatic heterocycles. The van der Waals surface area contributed by atoms with Gasteiger partial charge in [-0.1, -0.05) is 29.8 Å². The number of hydrogen-bond acceptors (Lipinski definition) is 3. The number of carbonyl (C=O) groups excluding carboxylic acids is 1. The van der Waals surface area contributed by atoms with Crippen LogP contribution < -0.4 is 0 Å². The SMILES string of the molecule is Cc1ccc(-c2ncccc2N=C=O)cc1. The molecule has 0 aliphatic carbocycles. The van der Waals surface area contributed by atoms with Gasteiger partial charge >= 0.3 is 0 Å². The second-order valence-corrected chi connectivity index (χ2v) is 3.44. The fraction of sp³-hybridized carbons (Fsp3) is 0.0769. The number of benzene rings is 1. The monoisotopic (exact) mass is 210 g/mol. The van der Waals surface area contributed by atoms with Gasteiger partial charge in [-0.25, -0.2) is 4.79 Å². The predicted molar refractivity (Wildman–Crippen MR) is 62.2 cm³/mol. The summed E-state index contributed by atoms with van der Waals surface area (Å²) >= 11 is 0. The van der Waals surface area contributed by atoms with Gasteiger partial charge in [-0.05, 0) is 19.1 Å². The van der Waals surface area contributed by atoms with E-state index in [2.05, 4.69) is 9.98 Å². The van der Waals surface area contributed by atoms with Crippen LogP contribution >= 0.6 is 0 Å². The summed E-state index contributed by atoms with van der Waals surface area (Å²) < 4.78 is 0. The Kier molecular flexibility index (Phi) is 2.90. The van der Waals surface area contributed by atoms with Crippen molar-refractivity contribution in [3.05, 3.63) is 48.2 Å². The van der Waals surface area contributed by atoms with Crippen LogP contribution in [-0.2, 0) is 4.79 Å². The molecule has 0 fully saturated rings. The summed E-state index contributed by atoms with van der Waals surface area (Å²) in [4.78, 5) is 18.2. The van der Waals surface area contributed by atoms with E-state index < -0.39 is 0 Å². The zero-order valence-corrected chi connectivity index (χ0v) is 8.84. The molecule has 0 spiro atoms. The fourth-order valence-corrected chi connectivity index (χ4v) is 1.47. The molecule has 2 aromatic rings. The van der Waals surface area contributed by atoms with Gasteiger partial charge in [-0.15, -0.1) is 0 Å². The Morgan fingerprint density at radius 1 is 1.19 bits per heavy atom. The largest absolute Gasteiger partial charge is 0.254 e. The van der Waals surface area contributed by atoms with Crippen molar-refractivity contribution < 1.29 is 4.79 Å². The quantitative estimate of drug-likeness (QED) is 0.564. The van der Waals surface area contributed by atoms with E-state index in [0.29, 0.717) is 11.4 Å². The van der Waals surface area contributed by atoms with Gasteiger partial charge in [0, 0.05) is 11.8 Å². The molecule has 2 rings (SSSR count). The van der Waals surface area contributed by atoms with E-state index in [1.165, 1.54) is 5.56 Å². The van der Waals surface area contributed by atoms with Gasteiger partial charge in [0.25, 0.3) is 0 Å². The van der Waals surface area contributed by atoms with Crippen molar-refractivity contribution in [2.45, 2.75) is 6.92 Å². The first-order valence-corrected chi connectivity index (χ1v) is 4.91. The highest BCUT2D eigenvalue weighted by molar-refractivity contribution is 5.73. The van der Waals surface area contributed by atoms with E-state index in [1.54, 1.807) is 24.4 Å². The minimum Gasteiger partial charge on any atom is -0.254 e. The van der Waals surface area contributed by atoms with Gasteiger partial charge in [-0.2, -0.15) is 4.99 Å². The lowest BCUT2D eigenvalue weighted by Crippen LogP contribution is -1.83. The lowest BCUT2D eigenvalue weighted by Gasteiger charge is -2.03. The molecule has 0 saturated carbocycles. The second-order valence-electron chi connectivity index (χ2n) is 3.44. The molecule has 3 heteroatoms. The number of isocyanates is 1. The molecule has 0 unspecified atom stereocenters. The average Bonchev–Trinajstić information content (AvgIpc) is 2.32. The van der Waals surface area contributed by atoms with E-state index in [1.807, 2.05) is 31.2 Å². The van der Waals surface area contributed by atoms with Gasteiger partial charge in [0.2, 0.25) is 6.08 Å². The van der Waals surface area contributed by atoms with Crippen molar-refractivity contribution in [3.8, 4) is 11.3 Å². The lowest BCUT2D eigenvalue weighted by molar-refractivity contribution is 0.565. The zero-order chi connectivity index (χ0) is 11.4. The summed E-state index contributed by atoms with van der Waals surface area (Å²) in [6.07, 6.45) is 3.22. The molecule has 0 N–H and O–H groups in total. The minimum absolute atomic E-state index is 0.543. The maximum absolute atomic E-state index is 10.3. The van der Waals surface area contributed by atoms with E-state index >= 15 is 0 Å². The number of aliphatic imine (C=N–C) groups is 1. The van der Waals surface area contributed by atoms with Crippen molar-refractivity contribution in [3.63, 3.8) is 0 Å². The molecule has 0 aliphatic heterocycles. The topological polar surface area (TPSA) is 42.3 Å². The van der Waals surface area contributed by atoms with E-state index in [4.69, 9.17) is 0 Å². The summed E-state index contributed by atoms with van der Waals surface area (Å²) in [7, 11) is 0. The minimum atomic E-state index is 0.543. The number of pyridine rings is 1. The molecule has 16 heavy (non-hydrogen) atoms. The number of aryl methyl sites for hydroxylation is 1. The summed E-state index contributed by atoms with van der Waals surface area (Å²) in [6, 6.07) is 11.4. The predicted octanol–water partition coefficient (Wildman–Crippen LogP) is 3.02. The maximum atomic E-state index is 10.3. The van der Waals surface area contributed by atoms with Crippen LogP contribution in [-0.4, -0.2) is 11.1 Å². The zero-order valence-electron chi connectivity index (χ0n) is 8.84. The van der Waals surface area contributed by atoms with Crippen molar-refractivity contribution in [1.82, 2.24) is 4.98 Å². The summed E-state index contributed by atoms with van der Waals surface area (Å²) in [5.74, 6) is 0. The Balaban J connectivity index is 2.55. The second kappa shape index (κ2) is 4.51. The number of hydrogen-bond donors (Lipinski definition) is 0. The number of aromatic nitrogens is 1. The normalized spacial score (nSPS) is 9.56. The van der Waals surface area contributed by atoms with E-state index in [0.717, 1.165) is 5.56 Å². The summed E-state index contributed by atoms with van der Waals surface area (Å²) in [5, 5.41) is 0. The van der Waals surface area contributed by atoms with Gasteiger partial charge in [-0.3, -0.25) is 4.98 Å². The number of rotatable bonds is 2. The van der Waals surface area contributed by atoms with Gasteiger partial charge in [0.1, 0.15) is 5.69 Å². The number of nitrogens with zero attached hydrogens (tertiary/aromatic N) is 2. The molecule has 1 aromatic carbocycles. The first kappa shape index (κ1) is 10.3. The highest BCUT2D eigenvalue weighted by atomic mass is 16.1. The molecule has 0 atom stereocenters. The van der Waals surface area contributed by atoms with Gasteiger partial charge in [0.05, 0.1) is 5.69 Å². The van der Waals surface area contributed by atoms with Crippen LogP contribution in [0, 0.1) is 6.92 Å². The van der Waals surface area contributed by atoms with Crippen LogP contribution in [0.2, 0.25) is 0 Å². The lowest BCUT2D eigenvalue weighted by atomic mass is 10.1. The smallest absolute Gasteiger partial charge is 0.240 e. The average molecular weight is 210 g/mol. The van der Waals surface area contributed by atoms with Crippen LogP contribution in [0.5, 0.6) is 0 Å². The van der Waals surface area contributed by atoms with Crippen LogP contribution in [0.3, 0.4) is 0 Å². The van der Waals surface area contributed by atoms with E-state index in [-0.39, 0.29) is 0 Å². The summed E-state index contributed by atoms with van der Waals surface area (Å²) in [6.45, 7) is 2.02. The molecule has 0 amide bonds. The highest BCUT2D eigenvalue weighted by Crippen LogP contribution is 2.27. The van der Waals surface area contributed by atoms with Crippen LogP contribution in [0.4, 0.5) is 5.69 Å². The molecule has 0 radical (unpaired) electrons. The van der Waals surface area contributed by atoms with Crippen molar-refractivity contribution >= 4 is 11.8 Å². The third kappa shape index (κ3) is 2.05. The molecule has 0 aliphatic rings. The van der Waals surface area contributed by atoms with Crippen LogP contribution in [0.25, 0.3) is 11.3 Å². The maximum Gasteiger partial charge on any atom is 0.240 e. The first-order chi connectivity index (χ1) is 7.81. The molecular formula is C13H10N2O. The van der Waals surface area contributed by atoms with Crippen molar-refractivity contribution in [2.75, 3.05) is 0 Å². The van der Waals surface area contributed by atoms with Crippen LogP contribution in [0.15, 0.2) is 47.6 Å². The van der Waals surface area contributed by atoms with Crippen LogP contribution in [0.1, 0.15) is 5.56 Å². The Bertz CT molecular complexity index is 540. The highest BCUT2D eigenvalue weighted by Gasteiger charge is 2.04. The molecule has 0 bridgehead atoms. The Morgan fingerprint density at radius 3 is 2.62 bits per heavy atom. The fourth-order valence-electron chi connectivity index (χ4n) is 1.47. The molecule has 3 nitrogen and oxygen atoms in total. The van der Waals surface area contributed by atoms with E-state index in [9.17, 15) is 4.79 Å². The molecular weight excluding hydrogens is 200 g/mol. The molecule has 78 valence electrons. The van der Waals surface area contributed by atoms with Gasteiger partial charge < -0.3 is 0 Å². The third-order valence-corrected chi connectivity index (χ3v) is 2.28.